The molecule has 2 aliphatic heterocycles. The van der Waals surface area contributed by atoms with Gasteiger partial charge in [-0.25, -0.2) is 0 Å². The van der Waals surface area contributed by atoms with Gasteiger partial charge in [-0.3, -0.25) is 0 Å². The van der Waals surface area contributed by atoms with Gasteiger partial charge in [0.1, 0.15) is 23.0 Å². The molecule has 0 atom stereocenters. The monoisotopic (exact) mass is 1020 g/mol. The molecule has 0 saturated carbocycles. The van der Waals surface area contributed by atoms with Crippen molar-refractivity contribution in [3.63, 3.8) is 0 Å². The van der Waals surface area contributed by atoms with Crippen molar-refractivity contribution >= 4 is 43.1 Å². The molecule has 374 valence electrons. The zero-order valence-corrected chi connectivity index (χ0v) is 43.7. The van der Waals surface area contributed by atoms with Crippen LogP contribution in [0.1, 0.15) is 44.5 Å². The van der Waals surface area contributed by atoms with Gasteiger partial charge in [0.25, 0.3) is 0 Å². The second kappa shape index (κ2) is 18.2. The lowest BCUT2D eigenvalue weighted by atomic mass is 9.63. The fraction of sp³-hybridized carbons (Fsp3) is 0.0256. The van der Waals surface area contributed by atoms with Crippen LogP contribution in [-0.2, 0) is 10.8 Å². The predicted octanol–water partition coefficient (Wildman–Crippen LogP) is 20.3. The molecule has 0 N–H and O–H groups in total. The molecule has 0 radical (unpaired) electrons. The Labute approximate surface area is 465 Å². The minimum atomic E-state index is -0.665. The Morgan fingerprint density at radius 1 is 0.212 bits per heavy atom. The van der Waals surface area contributed by atoms with Gasteiger partial charge in [-0.05, 0) is 159 Å². The minimum Gasteiger partial charge on any atom is -0.457 e. The number of hydrogen-bond donors (Lipinski definition) is 0. The highest BCUT2D eigenvalue weighted by Gasteiger charge is 2.47. The van der Waals surface area contributed by atoms with E-state index in [2.05, 4.69) is 303 Å². The first-order chi connectivity index (χ1) is 39.6. The van der Waals surface area contributed by atoms with Gasteiger partial charge in [-0.2, -0.15) is 0 Å². The summed E-state index contributed by atoms with van der Waals surface area (Å²) in [6.07, 6.45) is 0. The summed E-state index contributed by atoms with van der Waals surface area (Å²) in [6.45, 7) is 0. The third kappa shape index (κ3) is 6.85. The highest BCUT2D eigenvalue weighted by molar-refractivity contribution is 6.19. The molecule has 2 heteroatoms. The molecule has 0 aliphatic carbocycles. The molecule has 80 heavy (non-hydrogen) atoms. The first-order valence-corrected chi connectivity index (χ1v) is 27.6. The molecule has 14 aromatic rings. The predicted molar refractivity (Wildman–Crippen MR) is 330 cm³/mol. The topological polar surface area (TPSA) is 18.5 Å². The van der Waals surface area contributed by atoms with Gasteiger partial charge in [0.2, 0.25) is 0 Å². The van der Waals surface area contributed by atoms with Gasteiger partial charge in [0.05, 0.1) is 10.8 Å². The van der Waals surface area contributed by atoms with Gasteiger partial charge < -0.3 is 9.47 Å². The van der Waals surface area contributed by atoms with E-state index in [0.717, 1.165) is 67.5 Å². The Balaban J connectivity index is 0.964. The molecule has 0 saturated heterocycles. The highest BCUT2D eigenvalue weighted by atomic mass is 16.5. The van der Waals surface area contributed by atoms with Crippen molar-refractivity contribution in [2.45, 2.75) is 10.8 Å². The summed E-state index contributed by atoms with van der Waals surface area (Å²) < 4.78 is 13.5. The van der Waals surface area contributed by atoms with Crippen molar-refractivity contribution in [1.29, 1.82) is 0 Å². The number of ether oxygens (including phenoxy) is 2. The molecule has 0 unspecified atom stereocenters. The Kier molecular flexibility index (Phi) is 10.4. The van der Waals surface area contributed by atoms with Crippen LogP contribution >= 0.6 is 0 Å². The average Bonchev–Trinajstić information content (AvgIpc) is 3.63. The lowest BCUT2D eigenvalue weighted by Crippen LogP contribution is -2.34. The number of benzene rings is 14. The van der Waals surface area contributed by atoms with Crippen LogP contribution in [0.2, 0.25) is 0 Å². The lowest BCUT2D eigenvalue weighted by Gasteiger charge is -2.41. The van der Waals surface area contributed by atoms with Gasteiger partial charge >= 0.3 is 0 Å². The van der Waals surface area contributed by atoms with Gasteiger partial charge in [0, 0.05) is 22.3 Å². The zero-order chi connectivity index (χ0) is 52.8. The van der Waals surface area contributed by atoms with Crippen LogP contribution < -0.4 is 9.47 Å². The van der Waals surface area contributed by atoms with Crippen molar-refractivity contribution in [2.24, 2.45) is 0 Å². The molecule has 0 amide bonds. The normalized spacial score (nSPS) is 13.7. The summed E-state index contributed by atoms with van der Waals surface area (Å²) in [6, 6.07) is 111. The van der Waals surface area contributed by atoms with Gasteiger partial charge in [-0.15, -0.1) is 0 Å². The van der Waals surface area contributed by atoms with E-state index in [-0.39, 0.29) is 0 Å². The number of para-hydroxylation sites is 4. The van der Waals surface area contributed by atoms with Crippen LogP contribution in [0.25, 0.3) is 76.5 Å². The summed E-state index contributed by atoms with van der Waals surface area (Å²) in [7, 11) is 0. The van der Waals surface area contributed by atoms with E-state index >= 15 is 0 Å². The molecule has 0 bridgehead atoms. The summed E-state index contributed by atoms with van der Waals surface area (Å²) in [4.78, 5) is 0. The average molecular weight is 1020 g/mol. The van der Waals surface area contributed by atoms with E-state index in [9.17, 15) is 0 Å². The Morgan fingerprint density at radius 3 is 1.05 bits per heavy atom. The number of fused-ring (bicyclic) bond motifs is 8. The maximum absolute atomic E-state index is 6.74. The van der Waals surface area contributed by atoms with Crippen molar-refractivity contribution in [3.8, 4) is 56.4 Å². The van der Waals surface area contributed by atoms with Crippen LogP contribution in [0.15, 0.2) is 303 Å². The molecule has 14 aromatic carbocycles. The standard InChI is InChI=1S/C78H50O2/c1-3-25-58(26-4-1)77(68-35-9-13-39-72(68)79-73-40-14-10-36-69(73)77)60-29-17-23-54(48-60)62-31-19-33-64-66(62)50-67-63(32-20-34-65(67)76(64)56-44-43-53-45-51-21-7-8-22-52(51)46-57(53)47-56)55-24-18-30-61(49-55)78(59-27-5-2-6-28-59)70-37-11-15-41-74(70)80-75-42-16-12-38-71(75)78/h1-50H. The van der Waals surface area contributed by atoms with E-state index in [4.69, 9.17) is 9.47 Å². The minimum absolute atomic E-state index is 0.665. The first kappa shape index (κ1) is 45.9. The van der Waals surface area contributed by atoms with Crippen molar-refractivity contribution in [1.82, 2.24) is 0 Å². The Bertz CT molecular complexity index is 4450. The van der Waals surface area contributed by atoms with Gasteiger partial charge in [0.15, 0.2) is 0 Å². The van der Waals surface area contributed by atoms with Crippen LogP contribution in [0.3, 0.4) is 0 Å². The molecule has 2 nitrogen and oxygen atoms in total. The summed E-state index contributed by atoms with van der Waals surface area (Å²) in [5.41, 5.74) is 14.8. The SMILES string of the molecule is c1ccc(C2(c3cccc(-c4cccc5c(-c6ccc7cc8ccccc8cc7c6)c6cccc(-c7cccc(C8(c9ccccc9)c9ccccc9Oc9ccccc98)c7)c6cc45)c3)c3ccccc3Oc3ccccc32)cc1. The molecular formula is C78H50O2. The second-order valence-corrected chi connectivity index (χ2v) is 21.4. The fourth-order valence-electron chi connectivity index (χ4n) is 13.9. The third-order valence-electron chi connectivity index (χ3n) is 17.3. The zero-order valence-electron chi connectivity index (χ0n) is 43.7. The summed E-state index contributed by atoms with van der Waals surface area (Å²) >= 11 is 0. The molecule has 16 rings (SSSR count). The van der Waals surface area contributed by atoms with Crippen molar-refractivity contribution < 1.29 is 9.47 Å². The van der Waals surface area contributed by atoms with Crippen molar-refractivity contribution in [2.75, 3.05) is 0 Å². The largest absolute Gasteiger partial charge is 0.457 e. The highest BCUT2D eigenvalue weighted by Crippen LogP contribution is 2.58. The molecule has 0 aromatic heterocycles. The fourth-order valence-corrected chi connectivity index (χ4v) is 13.9. The maximum Gasteiger partial charge on any atom is 0.132 e. The van der Waals surface area contributed by atoms with Crippen LogP contribution in [0.5, 0.6) is 23.0 Å². The quantitative estimate of drug-likeness (QED) is 0.148. The van der Waals surface area contributed by atoms with Crippen LogP contribution in [-0.4, -0.2) is 0 Å². The Morgan fingerprint density at radius 2 is 0.588 bits per heavy atom. The lowest BCUT2D eigenvalue weighted by molar-refractivity contribution is 0.434. The van der Waals surface area contributed by atoms with Crippen molar-refractivity contribution in [3.05, 3.63) is 348 Å². The van der Waals surface area contributed by atoms with E-state index in [1.54, 1.807) is 0 Å². The maximum atomic E-state index is 6.74. The van der Waals surface area contributed by atoms with Crippen LogP contribution in [0.4, 0.5) is 0 Å². The van der Waals surface area contributed by atoms with E-state index in [1.165, 1.54) is 76.5 Å². The molecule has 2 heterocycles. The summed E-state index contributed by atoms with van der Waals surface area (Å²) in [5, 5.41) is 9.67. The molecular weight excluding hydrogens is 969 g/mol. The Hall–Kier alpha value is -10.3. The number of rotatable bonds is 7. The molecule has 2 aliphatic rings. The molecule has 0 fully saturated rings. The van der Waals surface area contributed by atoms with Crippen LogP contribution in [0, 0.1) is 0 Å². The smallest absolute Gasteiger partial charge is 0.132 e. The second-order valence-electron chi connectivity index (χ2n) is 21.4. The van der Waals surface area contributed by atoms with E-state index in [1.807, 2.05) is 0 Å². The first-order valence-electron chi connectivity index (χ1n) is 27.6. The van der Waals surface area contributed by atoms with E-state index in [0.29, 0.717) is 0 Å². The summed E-state index contributed by atoms with van der Waals surface area (Å²) in [5.74, 6) is 3.45. The van der Waals surface area contributed by atoms with E-state index < -0.39 is 10.8 Å². The number of hydrogen-bond acceptors (Lipinski definition) is 2. The van der Waals surface area contributed by atoms with Gasteiger partial charge in [-0.1, -0.05) is 243 Å². The molecule has 0 spiro atoms. The third-order valence-corrected chi connectivity index (χ3v) is 17.3.